The first-order valence-corrected chi connectivity index (χ1v) is 21.2. The van der Waals surface area contributed by atoms with Crippen LogP contribution in [-0.2, 0) is 6.61 Å². The minimum atomic E-state index is -2.76. The monoisotopic (exact) mass is 576 g/mol. The molecule has 0 atom stereocenters. The third-order valence-electron chi connectivity index (χ3n) is 7.12. The van der Waals surface area contributed by atoms with Crippen LogP contribution in [-0.4, -0.2) is 18.4 Å². The molecule has 0 spiro atoms. The van der Waals surface area contributed by atoms with Crippen molar-refractivity contribution in [2.45, 2.75) is 79.2 Å². The number of hydrogen-bond acceptors (Lipinski definition) is 1. The van der Waals surface area contributed by atoms with E-state index in [1.54, 1.807) is 3.59 Å². The second-order valence-electron chi connectivity index (χ2n) is 9.83. The molecule has 0 unspecified atom stereocenters. The Kier molecular flexibility index (Phi) is 12.0. The molecule has 186 valence electrons. The maximum absolute atomic E-state index is 6.54. The van der Waals surface area contributed by atoms with Crippen LogP contribution in [0.4, 0.5) is 0 Å². The van der Waals surface area contributed by atoms with Crippen molar-refractivity contribution in [3.8, 4) is 5.75 Å². The van der Waals surface area contributed by atoms with E-state index in [2.05, 4.69) is 112 Å². The Hall–Kier alpha value is -2.00. The standard InChI is InChI=1S/C21H17O.3C4H9.Sn/c1-3-9-18(10-4-1)15-16-20-13-7-8-14-21(20)22-17-19-11-5-2-6-12-19;3*1-3-4-2;/h1-15H,17H2;3*1,3-4H2,2H3;. The van der Waals surface area contributed by atoms with E-state index in [0.29, 0.717) is 6.61 Å². The summed E-state index contributed by atoms with van der Waals surface area (Å²) in [6.07, 6.45) is 10.4. The van der Waals surface area contributed by atoms with Crippen LogP contribution in [0.5, 0.6) is 5.75 Å². The number of benzene rings is 3. The Labute approximate surface area is 218 Å². The Morgan fingerprint density at radius 2 is 1.17 bits per heavy atom. The van der Waals surface area contributed by atoms with Crippen LogP contribution < -0.4 is 4.74 Å². The van der Waals surface area contributed by atoms with Gasteiger partial charge in [0.15, 0.2) is 0 Å². The third kappa shape index (κ3) is 8.27. The summed E-state index contributed by atoms with van der Waals surface area (Å²) in [5.41, 5.74) is 3.89. The van der Waals surface area contributed by atoms with E-state index in [0.717, 1.165) is 5.75 Å². The van der Waals surface area contributed by atoms with Gasteiger partial charge in [0.2, 0.25) is 0 Å². The van der Waals surface area contributed by atoms with E-state index in [1.165, 1.54) is 68.5 Å². The first-order chi connectivity index (χ1) is 17.2. The van der Waals surface area contributed by atoms with Gasteiger partial charge in [-0.25, -0.2) is 0 Å². The van der Waals surface area contributed by atoms with E-state index >= 15 is 0 Å². The molecular formula is C33H44OSn. The van der Waals surface area contributed by atoms with Crippen molar-refractivity contribution >= 4 is 28.0 Å². The molecule has 0 aliphatic heterocycles. The van der Waals surface area contributed by atoms with Crippen molar-refractivity contribution in [1.82, 2.24) is 0 Å². The van der Waals surface area contributed by atoms with Crippen LogP contribution >= 0.6 is 0 Å². The summed E-state index contributed by atoms with van der Waals surface area (Å²) >= 11 is -2.76. The molecule has 0 aliphatic rings. The summed E-state index contributed by atoms with van der Waals surface area (Å²) in [5.74, 6) is 1.05. The average Bonchev–Trinajstić information content (AvgIpc) is 2.92. The van der Waals surface area contributed by atoms with Crippen molar-refractivity contribution < 1.29 is 4.74 Å². The first kappa shape index (κ1) is 27.6. The van der Waals surface area contributed by atoms with E-state index in [9.17, 15) is 0 Å². The molecule has 1 nitrogen and oxygen atoms in total. The molecule has 3 aromatic rings. The molecule has 3 aromatic carbocycles. The predicted octanol–water partition coefficient (Wildman–Crippen LogP) is 10.2. The molecule has 0 saturated carbocycles. The van der Waals surface area contributed by atoms with Crippen molar-refractivity contribution in [3.05, 3.63) is 102 Å². The molecule has 0 aliphatic carbocycles. The Bertz CT molecular complexity index is 988. The average molecular weight is 575 g/mol. The van der Waals surface area contributed by atoms with Gasteiger partial charge in [0, 0.05) is 0 Å². The van der Waals surface area contributed by atoms with Gasteiger partial charge in [0.05, 0.1) is 0 Å². The number of para-hydroxylation sites is 1. The number of hydrogen-bond donors (Lipinski definition) is 0. The second-order valence-corrected chi connectivity index (χ2v) is 23.0. The Balaban J connectivity index is 2.12. The molecule has 0 radical (unpaired) electrons. The van der Waals surface area contributed by atoms with E-state index in [4.69, 9.17) is 4.74 Å². The topological polar surface area (TPSA) is 9.23 Å². The van der Waals surface area contributed by atoms with Crippen LogP contribution in [0.15, 0.2) is 84.9 Å². The summed E-state index contributed by atoms with van der Waals surface area (Å²) in [7, 11) is 0. The van der Waals surface area contributed by atoms with Gasteiger partial charge in [-0.1, -0.05) is 0 Å². The normalized spacial score (nSPS) is 12.0. The molecular weight excluding hydrogens is 531 g/mol. The van der Waals surface area contributed by atoms with Crippen molar-refractivity contribution in [2.24, 2.45) is 0 Å². The molecule has 0 N–H and O–H groups in total. The van der Waals surface area contributed by atoms with Gasteiger partial charge in [0.25, 0.3) is 0 Å². The van der Waals surface area contributed by atoms with Gasteiger partial charge < -0.3 is 0 Å². The number of unbranched alkanes of at least 4 members (excludes halogenated alkanes) is 3. The van der Waals surface area contributed by atoms with Crippen molar-refractivity contribution in [1.29, 1.82) is 0 Å². The zero-order valence-corrected chi connectivity index (χ0v) is 25.0. The molecule has 3 rings (SSSR count). The summed E-state index contributed by atoms with van der Waals surface area (Å²) in [6.45, 7) is 7.67. The molecule has 0 aromatic heterocycles. The van der Waals surface area contributed by atoms with Gasteiger partial charge in [-0.3, -0.25) is 0 Å². The van der Waals surface area contributed by atoms with Crippen LogP contribution in [0.1, 0.15) is 76.0 Å². The third-order valence-corrected chi connectivity index (χ3v) is 22.8. The maximum atomic E-state index is 6.54. The van der Waals surface area contributed by atoms with E-state index in [1.807, 2.05) is 0 Å². The van der Waals surface area contributed by atoms with Gasteiger partial charge in [-0.15, -0.1) is 0 Å². The molecule has 2 heteroatoms. The van der Waals surface area contributed by atoms with Gasteiger partial charge in [0.1, 0.15) is 0 Å². The van der Waals surface area contributed by atoms with Crippen LogP contribution in [0, 0.1) is 0 Å². The fourth-order valence-electron chi connectivity index (χ4n) is 5.11. The fourth-order valence-corrected chi connectivity index (χ4v) is 21.9. The predicted molar refractivity (Wildman–Crippen MR) is 156 cm³/mol. The summed E-state index contributed by atoms with van der Waals surface area (Å²) in [5, 5.41) is 0. The zero-order valence-electron chi connectivity index (χ0n) is 22.1. The minimum absolute atomic E-state index is 0.609. The fraction of sp³-hybridized carbons (Fsp3) is 0.394. The SMILES string of the molecule is CCC[CH2][Sn]([CH2]CCC)([CH2]CCC)/[C](=C/c1ccccc1)c1ccccc1OCc1ccccc1. The van der Waals surface area contributed by atoms with Crippen LogP contribution in [0.3, 0.4) is 0 Å². The Morgan fingerprint density at radius 3 is 1.74 bits per heavy atom. The summed E-state index contributed by atoms with van der Waals surface area (Å²) < 4.78 is 12.5. The second kappa shape index (κ2) is 15.2. The Morgan fingerprint density at radius 1 is 0.657 bits per heavy atom. The van der Waals surface area contributed by atoms with Crippen molar-refractivity contribution in [3.63, 3.8) is 0 Å². The van der Waals surface area contributed by atoms with Crippen molar-refractivity contribution in [2.75, 3.05) is 0 Å². The van der Waals surface area contributed by atoms with Gasteiger partial charge in [-0.05, 0) is 0 Å². The quantitative estimate of drug-likeness (QED) is 0.129. The van der Waals surface area contributed by atoms with Crippen LogP contribution in [0.25, 0.3) is 9.67 Å². The van der Waals surface area contributed by atoms with Crippen LogP contribution in [0.2, 0.25) is 13.3 Å². The summed E-state index contributed by atoms with van der Waals surface area (Å²) in [4.78, 5) is 0. The first-order valence-electron chi connectivity index (χ1n) is 13.8. The molecule has 35 heavy (non-hydrogen) atoms. The molecule has 0 saturated heterocycles. The molecule has 0 heterocycles. The van der Waals surface area contributed by atoms with Gasteiger partial charge in [-0.2, -0.15) is 0 Å². The van der Waals surface area contributed by atoms with Gasteiger partial charge >= 0.3 is 219 Å². The van der Waals surface area contributed by atoms with E-state index in [-0.39, 0.29) is 0 Å². The number of rotatable bonds is 15. The van der Waals surface area contributed by atoms with E-state index < -0.39 is 18.4 Å². The molecule has 0 bridgehead atoms. The molecule has 0 fully saturated rings. The zero-order chi connectivity index (χ0) is 24.8. The molecule has 0 amide bonds. The number of ether oxygens (including phenoxy) is 1. The summed E-state index contributed by atoms with van der Waals surface area (Å²) in [6, 6.07) is 30.4.